The second kappa shape index (κ2) is 20.6. The summed E-state index contributed by atoms with van der Waals surface area (Å²) >= 11 is 0. The van der Waals surface area contributed by atoms with Gasteiger partial charge in [0.25, 0.3) is 0 Å². The first-order valence-corrected chi connectivity index (χ1v) is 16.8. The number of hydrogen-bond donors (Lipinski definition) is 2. The van der Waals surface area contributed by atoms with Crippen molar-refractivity contribution in [3.8, 4) is 0 Å². The van der Waals surface area contributed by atoms with Crippen LogP contribution < -0.4 is 10.6 Å². The first-order chi connectivity index (χ1) is 21.2. The van der Waals surface area contributed by atoms with E-state index in [1.807, 2.05) is 13.8 Å². The molecule has 260 valence electrons. The van der Waals surface area contributed by atoms with Crippen molar-refractivity contribution in [1.29, 1.82) is 0 Å². The number of amides is 3. The van der Waals surface area contributed by atoms with Gasteiger partial charge in [-0.2, -0.15) is 0 Å². The molecule has 1 saturated heterocycles. The molecule has 1 aliphatic rings. The maximum absolute atomic E-state index is 13.0. The van der Waals surface area contributed by atoms with Gasteiger partial charge in [-0.15, -0.1) is 0 Å². The van der Waals surface area contributed by atoms with Gasteiger partial charge in [0.05, 0.1) is 43.5 Å². The number of carbonyl (C=O) groups is 3. The van der Waals surface area contributed by atoms with Crippen LogP contribution in [0.1, 0.15) is 101 Å². The van der Waals surface area contributed by atoms with Crippen molar-refractivity contribution in [2.45, 2.75) is 137 Å². The molecular formula is C35H63N3O7. The molecular weight excluding hydrogens is 574 g/mol. The number of allylic oxidation sites excluding steroid dienone is 3. The smallest absolute Gasteiger partial charge is 0.328 e. The average Bonchev–Trinajstić information content (AvgIpc) is 2.97. The zero-order chi connectivity index (χ0) is 34.2. The molecule has 0 aromatic carbocycles. The number of urea groups is 1. The van der Waals surface area contributed by atoms with Crippen molar-refractivity contribution in [1.82, 2.24) is 15.5 Å². The summed E-state index contributed by atoms with van der Waals surface area (Å²) in [7, 11) is 3.02. The van der Waals surface area contributed by atoms with Crippen molar-refractivity contribution < 1.29 is 33.3 Å². The third-order valence-electron chi connectivity index (χ3n) is 8.59. The number of methoxy groups -OCH3 is 2. The first kappa shape index (κ1) is 40.6. The summed E-state index contributed by atoms with van der Waals surface area (Å²) < 4.78 is 23.2. The molecule has 0 aliphatic carbocycles. The van der Waals surface area contributed by atoms with Crippen LogP contribution in [0.4, 0.5) is 4.79 Å². The highest BCUT2D eigenvalue weighted by Gasteiger charge is 2.32. The van der Waals surface area contributed by atoms with E-state index in [2.05, 4.69) is 77.3 Å². The summed E-state index contributed by atoms with van der Waals surface area (Å²) in [4.78, 5) is 39.2. The summed E-state index contributed by atoms with van der Waals surface area (Å²) in [6, 6.07) is -1.05. The van der Waals surface area contributed by atoms with E-state index in [1.165, 1.54) is 7.11 Å². The van der Waals surface area contributed by atoms with Crippen LogP contribution in [-0.2, 0) is 28.5 Å². The van der Waals surface area contributed by atoms with Gasteiger partial charge < -0.3 is 34.5 Å². The maximum Gasteiger partial charge on any atom is 0.328 e. The van der Waals surface area contributed by atoms with Crippen LogP contribution in [0.3, 0.4) is 0 Å². The lowest BCUT2D eigenvalue weighted by atomic mass is 9.88. The zero-order valence-corrected chi connectivity index (χ0v) is 29.9. The molecule has 0 bridgehead atoms. The van der Waals surface area contributed by atoms with Gasteiger partial charge in [-0.1, -0.05) is 39.0 Å². The van der Waals surface area contributed by atoms with Gasteiger partial charge >= 0.3 is 12.0 Å². The average molecular weight is 638 g/mol. The Morgan fingerprint density at radius 3 is 2.33 bits per heavy atom. The summed E-state index contributed by atoms with van der Waals surface area (Å²) in [6.07, 6.45) is 10.0. The van der Waals surface area contributed by atoms with Crippen LogP contribution in [0, 0.1) is 11.8 Å². The van der Waals surface area contributed by atoms with E-state index >= 15 is 0 Å². The van der Waals surface area contributed by atoms with Crippen LogP contribution in [-0.4, -0.2) is 92.7 Å². The molecule has 45 heavy (non-hydrogen) atoms. The van der Waals surface area contributed by atoms with E-state index in [0.29, 0.717) is 24.9 Å². The number of hydrogen-bond acceptors (Lipinski definition) is 7. The minimum absolute atomic E-state index is 0.0184. The van der Waals surface area contributed by atoms with E-state index in [1.54, 1.807) is 12.0 Å². The lowest BCUT2D eigenvalue weighted by molar-refractivity contribution is -0.146. The lowest BCUT2D eigenvalue weighted by Gasteiger charge is -2.35. The number of ether oxygens (including phenoxy) is 4. The van der Waals surface area contributed by atoms with E-state index in [4.69, 9.17) is 18.9 Å². The predicted molar refractivity (Wildman–Crippen MR) is 179 cm³/mol. The highest BCUT2D eigenvalue weighted by molar-refractivity contribution is 5.84. The van der Waals surface area contributed by atoms with Gasteiger partial charge in [-0.05, 0) is 91.1 Å². The Bertz CT molecular complexity index is 959. The molecule has 10 heteroatoms. The highest BCUT2D eigenvalue weighted by atomic mass is 16.5. The van der Waals surface area contributed by atoms with Crippen LogP contribution >= 0.6 is 0 Å². The van der Waals surface area contributed by atoms with Crippen molar-refractivity contribution in [3.63, 3.8) is 0 Å². The summed E-state index contributed by atoms with van der Waals surface area (Å²) in [5.41, 5.74) is 0.830. The van der Waals surface area contributed by atoms with Gasteiger partial charge in [-0.25, -0.2) is 9.59 Å². The molecule has 3 amide bonds. The van der Waals surface area contributed by atoms with Crippen molar-refractivity contribution in [2.24, 2.45) is 11.8 Å². The van der Waals surface area contributed by atoms with Crippen LogP contribution in [0.2, 0.25) is 0 Å². The van der Waals surface area contributed by atoms with Crippen LogP contribution in [0.5, 0.6) is 0 Å². The largest absolute Gasteiger partial charge is 0.467 e. The Balaban J connectivity index is 2.71. The summed E-state index contributed by atoms with van der Waals surface area (Å²) in [5, 5.41) is 5.59. The van der Waals surface area contributed by atoms with Gasteiger partial charge in [0, 0.05) is 26.7 Å². The van der Waals surface area contributed by atoms with Gasteiger partial charge in [0.2, 0.25) is 5.91 Å². The summed E-state index contributed by atoms with van der Waals surface area (Å²) in [5.74, 6) is -0.178. The number of carbonyl (C=O) groups excluding carboxylic acids is 3. The fourth-order valence-corrected chi connectivity index (χ4v) is 6.17. The normalized spacial score (nSPS) is 21.9. The van der Waals surface area contributed by atoms with Crippen molar-refractivity contribution in [2.75, 3.05) is 33.9 Å². The second-order valence-electron chi connectivity index (χ2n) is 13.0. The van der Waals surface area contributed by atoms with E-state index in [9.17, 15) is 14.4 Å². The van der Waals surface area contributed by atoms with Gasteiger partial charge in [0.15, 0.2) is 0 Å². The van der Waals surface area contributed by atoms with Crippen LogP contribution in [0.15, 0.2) is 23.8 Å². The topological polar surface area (TPSA) is 115 Å². The minimum atomic E-state index is -0.849. The number of esters is 1. The third-order valence-corrected chi connectivity index (χ3v) is 8.59. The third kappa shape index (κ3) is 14.7. The maximum atomic E-state index is 13.0. The van der Waals surface area contributed by atoms with E-state index in [-0.39, 0.29) is 61.3 Å². The fraction of sp³-hybridized carbons (Fsp3) is 0.800. The molecule has 0 unspecified atom stereocenters. The van der Waals surface area contributed by atoms with Crippen molar-refractivity contribution >= 4 is 17.9 Å². The Labute approximate surface area is 273 Å². The SMILES string of the molecule is CC[C@H](OC)[C@@H](C)OC(C)(C)C[C@H](C)/C=C/C=C(\C)[C@H]1O[C@@H](CC(=O)N[C@@H](CCNC(=O)N(CC)CC)C(=O)OC)CC[C@@H]1C. The monoisotopic (exact) mass is 637 g/mol. The molecule has 2 N–H and O–H groups in total. The van der Waals surface area contributed by atoms with Crippen molar-refractivity contribution in [3.05, 3.63) is 23.8 Å². The Morgan fingerprint density at radius 2 is 1.76 bits per heavy atom. The molecule has 1 aliphatic heterocycles. The standard InChI is InChI=1S/C35H63N3O7/c1-12-30(42-10)27(7)45-35(8,9)23-24(4)16-15-17-25(5)32-26(6)18-19-28(44-32)22-31(39)37-29(33(40)43-11)20-21-36-34(41)38(13-2)14-3/h15-17,24,26-30,32H,12-14,18-23H2,1-11H3,(H,36,41)(H,37,39)/b16-15+,25-17+/t24-,26+,27-,28-,29+,30+,32-/m1/s1. The van der Waals surface area contributed by atoms with E-state index in [0.717, 1.165) is 31.3 Å². The molecule has 0 radical (unpaired) electrons. The predicted octanol–water partition coefficient (Wildman–Crippen LogP) is 5.80. The Morgan fingerprint density at radius 1 is 1.09 bits per heavy atom. The minimum Gasteiger partial charge on any atom is -0.467 e. The number of rotatable bonds is 19. The Kier molecular flexibility index (Phi) is 18.6. The van der Waals surface area contributed by atoms with Gasteiger partial charge in [-0.3, -0.25) is 4.79 Å². The lowest BCUT2D eigenvalue weighted by Crippen LogP contribution is -2.47. The molecule has 0 spiro atoms. The highest BCUT2D eigenvalue weighted by Crippen LogP contribution is 2.31. The molecule has 1 rings (SSSR count). The Hall–Kier alpha value is -2.43. The first-order valence-electron chi connectivity index (χ1n) is 16.8. The zero-order valence-electron chi connectivity index (χ0n) is 29.9. The quantitative estimate of drug-likeness (QED) is 0.136. The van der Waals surface area contributed by atoms with Crippen LogP contribution in [0.25, 0.3) is 0 Å². The fourth-order valence-electron chi connectivity index (χ4n) is 6.17. The molecule has 0 aromatic rings. The number of nitrogens with zero attached hydrogens (tertiary/aromatic N) is 1. The molecule has 7 atom stereocenters. The molecule has 10 nitrogen and oxygen atoms in total. The molecule has 1 fully saturated rings. The number of nitrogens with one attached hydrogen (secondary N) is 2. The molecule has 0 aromatic heterocycles. The second-order valence-corrected chi connectivity index (χ2v) is 13.0. The summed E-state index contributed by atoms with van der Waals surface area (Å²) in [6.45, 7) is 20.1. The molecule has 1 heterocycles. The van der Waals surface area contributed by atoms with Gasteiger partial charge in [0.1, 0.15) is 6.04 Å². The molecule has 0 saturated carbocycles. The van der Waals surface area contributed by atoms with E-state index < -0.39 is 12.0 Å².